The van der Waals surface area contributed by atoms with Crippen LogP contribution in [0.15, 0.2) is 16.7 Å². The maximum Gasteiger partial charge on any atom is 0.106 e. The molecule has 0 aliphatic heterocycles. The van der Waals surface area contributed by atoms with Gasteiger partial charge in [-0.25, -0.2) is 5.43 Å². The quantitative estimate of drug-likeness (QED) is 0.591. The molecule has 0 radical (unpaired) electrons. The van der Waals surface area contributed by atoms with E-state index in [4.69, 9.17) is 5.84 Å². The van der Waals surface area contributed by atoms with Crippen LogP contribution in [-0.2, 0) is 19.5 Å². The summed E-state index contributed by atoms with van der Waals surface area (Å²) >= 11 is 3.59. The van der Waals surface area contributed by atoms with Crippen LogP contribution in [0.5, 0.6) is 0 Å². The second-order valence-electron chi connectivity index (χ2n) is 4.93. The van der Waals surface area contributed by atoms with E-state index in [1.54, 1.807) is 0 Å². The van der Waals surface area contributed by atoms with Crippen LogP contribution in [0, 0.1) is 0 Å². The van der Waals surface area contributed by atoms with E-state index < -0.39 is 0 Å². The summed E-state index contributed by atoms with van der Waals surface area (Å²) in [7, 11) is 0. The van der Waals surface area contributed by atoms with Gasteiger partial charge in [0, 0.05) is 13.1 Å². The van der Waals surface area contributed by atoms with Gasteiger partial charge in [-0.2, -0.15) is 10.2 Å². The molecule has 0 spiro atoms. The Balaban J connectivity index is 2.49. The number of aromatic nitrogens is 4. The lowest BCUT2D eigenvalue weighted by Gasteiger charge is -2.19. The largest absolute Gasteiger partial charge is 0.270 e. The van der Waals surface area contributed by atoms with Gasteiger partial charge in [0.2, 0.25) is 0 Å². The van der Waals surface area contributed by atoms with Crippen LogP contribution < -0.4 is 11.3 Å². The number of nitrogens with zero attached hydrogens (tertiary/aromatic N) is 4. The lowest BCUT2D eigenvalue weighted by Crippen LogP contribution is -2.32. The van der Waals surface area contributed by atoms with Gasteiger partial charge in [0.1, 0.15) is 6.04 Å². The van der Waals surface area contributed by atoms with Gasteiger partial charge in [-0.3, -0.25) is 15.2 Å². The first-order chi connectivity index (χ1) is 10.2. The van der Waals surface area contributed by atoms with Crippen molar-refractivity contribution >= 4 is 15.9 Å². The van der Waals surface area contributed by atoms with E-state index in [0.29, 0.717) is 0 Å². The highest BCUT2D eigenvalue weighted by molar-refractivity contribution is 9.10. The summed E-state index contributed by atoms with van der Waals surface area (Å²) in [5, 5.41) is 9.03. The maximum atomic E-state index is 5.85. The van der Waals surface area contributed by atoms with Gasteiger partial charge in [0.05, 0.1) is 27.8 Å². The first-order valence-corrected chi connectivity index (χ1v) is 8.19. The van der Waals surface area contributed by atoms with Gasteiger partial charge < -0.3 is 0 Å². The number of hydrazine groups is 1. The molecule has 116 valence electrons. The molecule has 1 atom stereocenters. The Morgan fingerprint density at radius 3 is 2.67 bits per heavy atom. The van der Waals surface area contributed by atoms with E-state index in [9.17, 15) is 0 Å². The van der Waals surface area contributed by atoms with Crippen molar-refractivity contribution in [1.29, 1.82) is 0 Å². The fourth-order valence-corrected chi connectivity index (χ4v) is 3.02. The highest BCUT2D eigenvalue weighted by Crippen LogP contribution is 2.29. The van der Waals surface area contributed by atoms with Crippen molar-refractivity contribution in [3.63, 3.8) is 0 Å². The van der Waals surface area contributed by atoms with E-state index in [1.165, 1.54) is 0 Å². The molecule has 7 heteroatoms. The molecule has 0 aromatic carbocycles. The third kappa shape index (κ3) is 3.20. The molecule has 2 aromatic rings. The van der Waals surface area contributed by atoms with E-state index in [1.807, 2.05) is 15.6 Å². The summed E-state index contributed by atoms with van der Waals surface area (Å²) < 4.78 is 4.95. The lowest BCUT2D eigenvalue weighted by atomic mass is 10.1. The molecule has 2 heterocycles. The fourth-order valence-electron chi connectivity index (χ4n) is 2.50. The van der Waals surface area contributed by atoms with Crippen molar-refractivity contribution < 1.29 is 0 Å². The minimum Gasteiger partial charge on any atom is -0.270 e. The van der Waals surface area contributed by atoms with Crippen molar-refractivity contribution in [3.8, 4) is 0 Å². The third-order valence-corrected chi connectivity index (χ3v) is 4.14. The fraction of sp³-hybridized carbons (Fsp3) is 0.571. The molecule has 0 aliphatic rings. The van der Waals surface area contributed by atoms with Crippen molar-refractivity contribution in [1.82, 2.24) is 25.0 Å². The maximum absolute atomic E-state index is 5.85. The Kier molecular flexibility index (Phi) is 5.55. The topological polar surface area (TPSA) is 73.7 Å². The molecule has 1 unspecified atom stereocenters. The summed E-state index contributed by atoms with van der Waals surface area (Å²) in [6.45, 7) is 8.00. The van der Waals surface area contributed by atoms with Gasteiger partial charge in [-0.1, -0.05) is 13.8 Å². The number of nitrogens with two attached hydrogens (primary N) is 1. The molecule has 0 amide bonds. The molecule has 3 N–H and O–H groups in total. The molecular formula is C14H23BrN6. The molecule has 2 aromatic heterocycles. The second-order valence-corrected chi connectivity index (χ2v) is 5.78. The summed E-state index contributed by atoms with van der Waals surface area (Å²) in [4.78, 5) is 0. The monoisotopic (exact) mass is 354 g/mol. The van der Waals surface area contributed by atoms with Crippen LogP contribution in [0.25, 0.3) is 0 Å². The van der Waals surface area contributed by atoms with Gasteiger partial charge in [0.25, 0.3) is 0 Å². The van der Waals surface area contributed by atoms with Crippen molar-refractivity contribution in [2.24, 2.45) is 5.84 Å². The smallest absolute Gasteiger partial charge is 0.106 e. The van der Waals surface area contributed by atoms with Crippen LogP contribution in [0.2, 0.25) is 0 Å². The number of nitrogens with one attached hydrogen (secondary N) is 1. The number of hydrogen-bond acceptors (Lipinski definition) is 4. The number of halogens is 1. The molecule has 0 aliphatic carbocycles. The predicted molar refractivity (Wildman–Crippen MR) is 86.7 cm³/mol. The summed E-state index contributed by atoms with van der Waals surface area (Å²) in [5.74, 6) is 5.85. The second kappa shape index (κ2) is 7.20. The van der Waals surface area contributed by atoms with Crippen LogP contribution in [0.4, 0.5) is 0 Å². The molecule has 6 nitrogen and oxygen atoms in total. The van der Waals surface area contributed by atoms with Crippen molar-refractivity contribution in [2.75, 3.05) is 0 Å². The molecule has 0 saturated heterocycles. The summed E-state index contributed by atoms with van der Waals surface area (Å²) in [5.41, 5.74) is 6.10. The van der Waals surface area contributed by atoms with Crippen LogP contribution in [-0.4, -0.2) is 19.6 Å². The van der Waals surface area contributed by atoms with Crippen LogP contribution >= 0.6 is 15.9 Å². The van der Waals surface area contributed by atoms with Gasteiger partial charge >= 0.3 is 0 Å². The Bertz CT molecular complexity index is 588. The molecule has 0 bridgehead atoms. The number of aryl methyl sites for hydroxylation is 3. The van der Waals surface area contributed by atoms with Gasteiger partial charge in [-0.05, 0) is 41.8 Å². The van der Waals surface area contributed by atoms with Crippen molar-refractivity contribution in [2.45, 2.75) is 52.7 Å². The van der Waals surface area contributed by atoms with Crippen molar-refractivity contribution in [3.05, 3.63) is 33.8 Å². The van der Waals surface area contributed by atoms with Gasteiger partial charge in [0.15, 0.2) is 0 Å². The molecule has 21 heavy (non-hydrogen) atoms. The Hall–Kier alpha value is -1.18. The SMILES string of the molecule is CCCn1ncc(Br)c1C(NN)c1cc(CC)nn1CC. The Labute approximate surface area is 133 Å². The molecule has 0 saturated carbocycles. The third-order valence-electron chi connectivity index (χ3n) is 3.53. The van der Waals surface area contributed by atoms with E-state index in [0.717, 1.165) is 47.5 Å². The zero-order valence-corrected chi connectivity index (χ0v) is 14.4. The summed E-state index contributed by atoms with van der Waals surface area (Å²) in [6, 6.07) is 1.98. The van der Waals surface area contributed by atoms with E-state index >= 15 is 0 Å². The summed E-state index contributed by atoms with van der Waals surface area (Å²) in [6.07, 6.45) is 3.75. The normalized spacial score (nSPS) is 12.8. The van der Waals surface area contributed by atoms with Crippen LogP contribution in [0.1, 0.15) is 50.3 Å². The Morgan fingerprint density at radius 1 is 1.33 bits per heavy atom. The highest BCUT2D eigenvalue weighted by Gasteiger charge is 2.24. The zero-order chi connectivity index (χ0) is 15.4. The van der Waals surface area contributed by atoms with E-state index in [-0.39, 0.29) is 6.04 Å². The Morgan fingerprint density at radius 2 is 2.10 bits per heavy atom. The van der Waals surface area contributed by atoms with Crippen LogP contribution in [0.3, 0.4) is 0 Å². The lowest BCUT2D eigenvalue weighted by molar-refractivity contribution is 0.487. The predicted octanol–water partition coefficient (Wildman–Crippen LogP) is 2.39. The molecule has 0 fully saturated rings. The number of hydrogen-bond donors (Lipinski definition) is 2. The first-order valence-electron chi connectivity index (χ1n) is 7.40. The standard InChI is InChI=1S/C14H23BrN6/c1-4-7-21-14(11(15)9-17-21)13(18-16)12-8-10(5-2)19-20(12)6-3/h8-9,13,18H,4-7,16H2,1-3H3. The minimum atomic E-state index is -0.138. The van der Waals surface area contributed by atoms with E-state index in [2.05, 4.69) is 58.4 Å². The molecule has 2 rings (SSSR count). The number of rotatable bonds is 7. The highest BCUT2D eigenvalue weighted by atomic mass is 79.9. The van der Waals surface area contributed by atoms with Gasteiger partial charge in [-0.15, -0.1) is 0 Å². The average molecular weight is 355 g/mol. The average Bonchev–Trinajstić information content (AvgIpc) is 3.06. The zero-order valence-electron chi connectivity index (χ0n) is 12.8. The first kappa shape index (κ1) is 16.2. The molecular weight excluding hydrogens is 332 g/mol. The minimum absolute atomic E-state index is 0.138.